The maximum Gasteiger partial charge on any atom is 0.245 e. The van der Waals surface area contributed by atoms with E-state index in [0.717, 1.165) is 5.56 Å². The average Bonchev–Trinajstić information content (AvgIpc) is 2.91. The lowest BCUT2D eigenvalue weighted by Crippen LogP contribution is -2.67. The highest BCUT2D eigenvalue weighted by Gasteiger charge is 2.56. The fourth-order valence-corrected chi connectivity index (χ4v) is 6.13. The molecule has 38 heavy (non-hydrogen) atoms. The molecule has 9 N–H and O–H groups in total. The van der Waals surface area contributed by atoms with Crippen LogP contribution in [-0.4, -0.2) is 135 Å². The van der Waals surface area contributed by atoms with Gasteiger partial charge in [0.1, 0.15) is 48.8 Å². The van der Waals surface area contributed by atoms with Gasteiger partial charge in [-0.05, 0) is 17.7 Å². The minimum Gasteiger partial charge on any atom is -0.394 e. The van der Waals surface area contributed by atoms with E-state index in [9.17, 15) is 49.3 Å². The smallest absolute Gasteiger partial charge is 0.245 e. The fourth-order valence-electron chi connectivity index (χ4n) is 3.97. The maximum absolute atomic E-state index is 12.5. The van der Waals surface area contributed by atoms with E-state index in [1.54, 1.807) is 18.2 Å². The van der Waals surface area contributed by atoms with E-state index in [2.05, 4.69) is 11.3 Å². The van der Waals surface area contributed by atoms with Gasteiger partial charge in [0.25, 0.3) is 0 Å². The monoisotopic (exact) mass is 583 g/mol. The van der Waals surface area contributed by atoms with Crippen molar-refractivity contribution in [2.24, 2.45) is 0 Å². The Morgan fingerprint density at radius 3 is 2.21 bits per heavy atom. The summed E-state index contributed by atoms with van der Waals surface area (Å²) in [4.78, 5) is 0.00436. The predicted octanol–water partition coefficient (Wildman–Crippen LogP) is -3.71. The highest BCUT2D eigenvalue weighted by molar-refractivity contribution is 8.00. The van der Waals surface area contributed by atoms with Crippen molar-refractivity contribution in [3.8, 4) is 0 Å². The van der Waals surface area contributed by atoms with Gasteiger partial charge in [0.05, 0.1) is 18.1 Å². The van der Waals surface area contributed by atoms with Crippen LogP contribution in [-0.2, 0) is 24.2 Å². The van der Waals surface area contributed by atoms with Crippen molar-refractivity contribution in [2.75, 3.05) is 25.5 Å². The second-order valence-corrected chi connectivity index (χ2v) is 11.8. The third kappa shape index (κ3) is 6.73. The molecule has 1 aromatic rings. The molecule has 0 spiro atoms. The summed E-state index contributed by atoms with van der Waals surface area (Å²) in [6, 6.07) is 5.94. The van der Waals surface area contributed by atoms with E-state index in [4.69, 9.17) is 14.2 Å². The molecule has 14 nitrogen and oxygen atoms in total. The zero-order chi connectivity index (χ0) is 28.3. The summed E-state index contributed by atoms with van der Waals surface area (Å²) < 4.78 is 43.3. The zero-order valence-electron chi connectivity index (χ0n) is 20.1. The quantitative estimate of drug-likeness (QED) is 0.0900. The Morgan fingerprint density at radius 1 is 1.00 bits per heavy atom. The third-order valence-electron chi connectivity index (χ3n) is 6.17. The Hall–Kier alpha value is -1.22. The summed E-state index contributed by atoms with van der Waals surface area (Å²) >= 11 is 0.556. The van der Waals surface area contributed by atoms with Crippen molar-refractivity contribution in [1.29, 1.82) is 0 Å². The maximum atomic E-state index is 12.5. The van der Waals surface area contributed by atoms with Gasteiger partial charge < -0.3 is 55.1 Å². The van der Waals surface area contributed by atoms with Crippen LogP contribution in [0.1, 0.15) is 5.56 Å². The summed E-state index contributed by atoms with van der Waals surface area (Å²) in [5.41, 5.74) is 0.732. The van der Waals surface area contributed by atoms with Crippen molar-refractivity contribution < 1.29 is 63.5 Å². The number of hydrogen-bond acceptors (Lipinski definition) is 14. The van der Waals surface area contributed by atoms with E-state index in [0.29, 0.717) is 11.8 Å². The van der Waals surface area contributed by atoms with E-state index >= 15 is 0 Å². The standard InChI is InChI=1S/C22H33NO13S2/c1-2-11-3-5-12(6-4-11)38(32,33)23-7-8-37-22(31)20(30)18(29)19(14(10-25)36-22)35-21-17(28)16(27)15(26)13(9-24)34-21/h2-6,13-21,23-31H,1,7-10H2/t13-,14-,15+,16+,17-,18+,19-,20-,21+,22+/m1/s1. The Bertz CT molecular complexity index is 1020. The molecule has 3 rings (SSSR count). The highest BCUT2D eigenvalue weighted by Crippen LogP contribution is 2.38. The van der Waals surface area contributed by atoms with Gasteiger partial charge in [-0.15, -0.1) is 0 Å². The molecular weight excluding hydrogens is 550 g/mol. The zero-order valence-corrected chi connectivity index (χ0v) is 21.7. The van der Waals surface area contributed by atoms with Gasteiger partial charge >= 0.3 is 0 Å². The first-order chi connectivity index (χ1) is 17.9. The van der Waals surface area contributed by atoms with Gasteiger partial charge in [0.15, 0.2) is 6.29 Å². The van der Waals surface area contributed by atoms with E-state index < -0.39 is 83.5 Å². The van der Waals surface area contributed by atoms with Crippen molar-refractivity contribution in [2.45, 2.75) is 65.1 Å². The number of thioether (sulfide) groups is 1. The van der Waals surface area contributed by atoms with Crippen LogP contribution in [0.5, 0.6) is 0 Å². The second kappa shape index (κ2) is 13.0. The van der Waals surface area contributed by atoms with E-state index in [1.165, 1.54) is 12.1 Å². The van der Waals surface area contributed by atoms with Crippen LogP contribution in [0.4, 0.5) is 0 Å². The molecule has 0 aromatic heterocycles. The first-order valence-electron chi connectivity index (χ1n) is 11.6. The van der Waals surface area contributed by atoms with E-state index in [-0.39, 0.29) is 17.2 Å². The molecule has 216 valence electrons. The van der Waals surface area contributed by atoms with Crippen molar-refractivity contribution in [3.05, 3.63) is 36.4 Å². The van der Waals surface area contributed by atoms with Gasteiger partial charge in [-0.25, -0.2) is 13.1 Å². The van der Waals surface area contributed by atoms with Crippen molar-refractivity contribution >= 4 is 27.9 Å². The van der Waals surface area contributed by atoms with Crippen LogP contribution in [0.15, 0.2) is 35.7 Å². The Morgan fingerprint density at radius 2 is 1.63 bits per heavy atom. The molecule has 16 heteroatoms. The van der Waals surface area contributed by atoms with Gasteiger partial charge in [-0.1, -0.05) is 36.5 Å². The first-order valence-corrected chi connectivity index (χ1v) is 14.0. The van der Waals surface area contributed by atoms with E-state index in [1.807, 2.05) is 0 Å². The Labute approximate surface area is 223 Å². The molecule has 2 fully saturated rings. The molecule has 2 aliphatic rings. The largest absolute Gasteiger partial charge is 0.394 e. The van der Waals surface area contributed by atoms with Gasteiger partial charge in [0.2, 0.25) is 15.1 Å². The van der Waals surface area contributed by atoms with Crippen LogP contribution in [0, 0.1) is 0 Å². The van der Waals surface area contributed by atoms with Gasteiger partial charge in [0, 0.05) is 12.3 Å². The Kier molecular flexibility index (Phi) is 10.7. The normalized spacial score (nSPS) is 38.2. The molecule has 2 aliphatic heterocycles. The molecular formula is C22H33NO13S2. The summed E-state index contributed by atoms with van der Waals surface area (Å²) in [7, 11) is -3.88. The molecule has 2 saturated heterocycles. The molecule has 0 saturated carbocycles. The highest BCUT2D eigenvalue weighted by atomic mass is 32.2. The summed E-state index contributed by atoms with van der Waals surface area (Å²) in [5.74, 6) is -0.124. The molecule has 0 radical (unpaired) electrons. The number of sulfonamides is 1. The van der Waals surface area contributed by atoms with Crippen LogP contribution in [0.25, 0.3) is 6.08 Å². The molecule has 0 unspecified atom stereocenters. The molecule has 1 aromatic carbocycles. The molecule has 2 heterocycles. The lowest BCUT2D eigenvalue weighted by molar-refractivity contribution is -0.362. The number of aliphatic hydroxyl groups is 8. The van der Waals surface area contributed by atoms with Gasteiger partial charge in [-0.2, -0.15) is 0 Å². The number of rotatable bonds is 11. The molecule has 0 bridgehead atoms. The summed E-state index contributed by atoms with van der Waals surface area (Å²) in [6.07, 6.45) is -13.7. The lowest BCUT2D eigenvalue weighted by atomic mass is 9.97. The predicted molar refractivity (Wildman–Crippen MR) is 132 cm³/mol. The number of nitrogens with one attached hydrogen (secondary N) is 1. The summed E-state index contributed by atoms with van der Waals surface area (Å²) in [5, 5.41) is 78.7. The number of aliphatic hydroxyl groups excluding tert-OH is 7. The first kappa shape index (κ1) is 31.3. The molecule has 10 atom stereocenters. The number of hydrogen-bond donors (Lipinski definition) is 9. The SMILES string of the molecule is C=Cc1ccc(S(=O)(=O)NCCS[C@@]2(O)O[C@H](CO)[C@@H](O[C@@H]3O[C@H](CO)[C@H](O)[C@H](O)[C@H]3O)[C@H](O)[C@H]2O)cc1. The van der Waals surface area contributed by atoms with Crippen LogP contribution >= 0.6 is 11.8 Å². The van der Waals surface area contributed by atoms with Gasteiger partial charge in [-0.3, -0.25) is 0 Å². The minimum absolute atomic E-state index is 0.00436. The second-order valence-electron chi connectivity index (χ2n) is 8.72. The van der Waals surface area contributed by atoms with Crippen LogP contribution in [0.3, 0.4) is 0 Å². The number of ether oxygens (including phenoxy) is 3. The molecule has 0 aliphatic carbocycles. The third-order valence-corrected chi connectivity index (χ3v) is 8.81. The van der Waals surface area contributed by atoms with Crippen LogP contribution < -0.4 is 4.72 Å². The van der Waals surface area contributed by atoms with Crippen molar-refractivity contribution in [1.82, 2.24) is 4.72 Å². The van der Waals surface area contributed by atoms with Crippen LogP contribution in [0.2, 0.25) is 0 Å². The Balaban J connectivity index is 1.61. The lowest BCUT2D eigenvalue weighted by Gasteiger charge is -2.48. The van der Waals surface area contributed by atoms with Crippen molar-refractivity contribution in [3.63, 3.8) is 0 Å². The minimum atomic E-state index is -3.88. The number of benzene rings is 1. The average molecular weight is 584 g/mol. The fraction of sp³-hybridized carbons (Fsp3) is 0.636. The summed E-state index contributed by atoms with van der Waals surface area (Å²) in [6.45, 7) is 1.83. The topological polar surface area (TPSA) is 236 Å². The molecule has 0 amide bonds.